The SMILES string of the molecule is CC(N)Cc1cc(Br)ccc1N1CCCN(C)CC1C. The molecule has 2 N–H and O–H groups in total. The molecule has 112 valence electrons. The molecule has 0 aliphatic carbocycles. The molecule has 1 aromatic rings. The van der Waals surface area contributed by atoms with Gasteiger partial charge in [-0.05, 0) is 64.0 Å². The maximum Gasteiger partial charge on any atom is 0.0403 e. The van der Waals surface area contributed by atoms with Crippen molar-refractivity contribution in [3.8, 4) is 0 Å². The first kappa shape index (κ1) is 15.8. The number of nitrogens with two attached hydrogens (primary N) is 1. The molecule has 0 radical (unpaired) electrons. The molecule has 3 nitrogen and oxygen atoms in total. The summed E-state index contributed by atoms with van der Waals surface area (Å²) in [6.07, 6.45) is 2.14. The summed E-state index contributed by atoms with van der Waals surface area (Å²) in [5, 5.41) is 0. The van der Waals surface area contributed by atoms with Crippen molar-refractivity contribution in [2.24, 2.45) is 5.73 Å². The Morgan fingerprint density at radius 3 is 2.85 bits per heavy atom. The third-order valence-corrected chi connectivity index (χ3v) is 4.43. The van der Waals surface area contributed by atoms with E-state index in [9.17, 15) is 0 Å². The summed E-state index contributed by atoms with van der Waals surface area (Å²) in [5.41, 5.74) is 8.73. The van der Waals surface area contributed by atoms with Gasteiger partial charge in [-0.3, -0.25) is 0 Å². The minimum Gasteiger partial charge on any atom is -0.367 e. The van der Waals surface area contributed by atoms with Crippen molar-refractivity contribution >= 4 is 21.6 Å². The Kier molecular flexibility index (Phi) is 5.47. The third-order valence-electron chi connectivity index (χ3n) is 3.94. The van der Waals surface area contributed by atoms with E-state index in [1.165, 1.54) is 24.2 Å². The van der Waals surface area contributed by atoms with Crippen molar-refractivity contribution in [3.63, 3.8) is 0 Å². The molecular weight excluding hydrogens is 314 g/mol. The van der Waals surface area contributed by atoms with Gasteiger partial charge in [0.25, 0.3) is 0 Å². The molecule has 2 atom stereocenters. The van der Waals surface area contributed by atoms with Crippen molar-refractivity contribution < 1.29 is 0 Å². The molecule has 2 rings (SSSR count). The number of anilines is 1. The van der Waals surface area contributed by atoms with Gasteiger partial charge in [-0.1, -0.05) is 15.9 Å². The topological polar surface area (TPSA) is 32.5 Å². The van der Waals surface area contributed by atoms with Gasteiger partial charge in [0, 0.05) is 35.3 Å². The first-order valence-corrected chi connectivity index (χ1v) is 8.26. The highest BCUT2D eigenvalue weighted by atomic mass is 79.9. The van der Waals surface area contributed by atoms with Crippen LogP contribution >= 0.6 is 15.9 Å². The lowest BCUT2D eigenvalue weighted by Crippen LogP contribution is -2.38. The van der Waals surface area contributed by atoms with Gasteiger partial charge in [-0.25, -0.2) is 0 Å². The number of rotatable bonds is 3. The molecule has 0 bridgehead atoms. The fourth-order valence-corrected chi connectivity index (χ4v) is 3.48. The minimum atomic E-state index is 0.188. The Morgan fingerprint density at radius 2 is 2.15 bits per heavy atom. The minimum absolute atomic E-state index is 0.188. The number of halogens is 1. The maximum absolute atomic E-state index is 6.02. The van der Waals surface area contributed by atoms with Crippen molar-refractivity contribution in [3.05, 3.63) is 28.2 Å². The second-order valence-electron chi connectivity index (χ2n) is 6.11. The van der Waals surface area contributed by atoms with Gasteiger partial charge < -0.3 is 15.5 Å². The van der Waals surface area contributed by atoms with Crippen molar-refractivity contribution in [2.45, 2.75) is 38.8 Å². The average molecular weight is 340 g/mol. The molecule has 0 aromatic heterocycles. The lowest BCUT2D eigenvalue weighted by Gasteiger charge is -2.32. The lowest BCUT2D eigenvalue weighted by atomic mass is 10.0. The summed E-state index contributed by atoms with van der Waals surface area (Å²) in [6.45, 7) is 7.82. The van der Waals surface area contributed by atoms with E-state index in [0.29, 0.717) is 6.04 Å². The highest BCUT2D eigenvalue weighted by Crippen LogP contribution is 2.28. The second kappa shape index (κ2) is 6.92. The number of hydrogen-bond acceptors (Lipinski definition) is 3. The Balaban J connectivity index is 2.30. The predicted octanol–water partition coefficient (Wildman–Crippen LogP) is 2.87. The molecule has 1 aromatic carbocycles. The first-order valence-electron chi connectivity index (χ1n) is 7.46. The van der Waals surface area contributed by atoms with Crippen LogP contribution in [-0.2, 0) is 6.42 Å². The van der Waals surface area contributed by atoms with E-state index < -0.39 is 0 Å². The monoisotopic (exact) mass is 339 g/mol. The summed E-state index contributed by atoms with van der Waals surface area (Å²) in [7, 11) is 2.21. The first-order chi connectivity index (χ1) is 9.47. The van der Waals surface area contributed by atoms with Crippen LogP contribution in [0.4, 0.5) is 5.69 Å². The van der Waals surface area contributed by atoms with Gasteiger partial charge in [-0.15, -0.1) is 0 Å². The zero-order valence-corrected chi connectivity index (χ0v) is 14.4. The van der Waals surface area contributed by atoms with Crippen LogP contribution in [0.1, 0.15) is 25.8 Å². The van der Waals surface area contributed by atoms with Gasteiger partial charge in [0.15, 0.2) is 0 Å². The van der Waals surface area contributed by atoms with Crippen molar-refractivity contribution in [2.75, 3.05) is 31.6 Å². The summed E-state index contributed by atoms with van der Waals surface area (Å²) in [4.78, 5) is 4.97. The molecule has 2 unspecified atom stereocenters. The Hall–Kier alpha value is -0.580. The van der Waals surface area contributed by atoms with Crippen LogP contribution in [0.3, 0.4) is 0 Å². The lowest BCUT2D eigenvalue weighted by molar-refractivity contribution is 0.337. The average Bonchev–Trinajstić information content (AvgIpc) is 2.50. The molecule has 1 aliphatic rings. The predicted molar refractivity (Wildman–Crippen MR) is 90.4 cm³/mol. The highest BCUT2D eigenvalue weighted by molar-refractivity contribution is 9.10. The van der Waals surface area contributed by atoms with Gasteiger partial charge >= 0.3 is 0 Å². The fraction of sp³-hybridized carbons (Fsp3) is 0.625. The number of benzene rings is 1. The molecule has 1 aliphatic heterocycles. The highest BCUT2D eigenvalue weighted by Gasteiger charge is 2.22. The van der Waals surface area contributed by atoms with Crippen LogP contribution in [0.15, 0.2) is 22.7 Å². The molecule has 0 spiro atoms. The van der Waals surface area contributed by atoms with Crippen molar-refractivity contribution in [1.82, 2.24) is 4.90 Å². The van der Waals surface area contributed by atoms with Gasteiger partial charge in [-0.2, -0.15) is 0 Å². The van der Waals surface area contributed by atoms with Crippen LogP contribution in [0, 0.1) is 0 Å². The zero-order chi connectivity index (χ0) is 14.7. The zero-order valence-electron chi connectivity index (χ0n) is 12.8. The van der Waals surface area contributed by atoms with Gasteiger partial charge in [0.05, 0.1) is 0 Å². The van der Waals surface area contributed by atoms with Crippen molar-refractivity contribution in [1.29, 1.82) is 0 Å². The van der Waals surface area contributed by atoms with E-state index in [-0.39, 0.29) is 6.04 Å². The maximum atomic E-state index is 6.02. The smallest absolute Gasteiger partial charge is 0.0403 e. The van der Waals surface area contributed by atoms with E-state index >= 15 is 0 Å². The molecule has 1 saturated heterocycles. The van der Waals surface area contributed by atoms with E-state index in [4.69, 9.17) is 5.73 Å². The van der Waals surface area contributed by atoms with Crippen LogP contribution in [0.2, 0.25) is 0 Å². The summed E-state index contributed by atoms with van der Waals surface area (Å²) < 4.78 is 1.14. The molecule has 1 heterocycles. The van der Waals surface area contributed by atoms with Crippen LogP contribution in [0.25, 0.3) is 0 Å². The van der Waals surface area contributed by atoms with Gasteiger partial charge in [0.1, 0.15) is 0 Å². The Bertz CT molecular complexity index is 447. The Morgan fingerprint density at radius 1 is 1.40 bits per heavy atom. The summed E-state index contributed by atoms with van der Waals surface area (Å²) in [5.74, 6) is 0. The molecule has 1 fully saturated rings. The normalized spacial score (nSPS) is 22.6. The molecular formula is C16H26BrN3. The van der Waals surface area contributed by atoms with Crippen LogP contribution in [-0.4, -0.2) is 43.7 Å². The van der Waals surface area contributed by atoms with E-state index in [0.717, 1.165) is 24.0 Å². The number of likely N-dealkylation sites (N-methyl/N-ethyl adjacent to an activating group) is 1. The largest absolute Gasteiger partial charge is 0.367 e. The number of hydrogen-bond donors (Lipinski definition) is 1. The summed E-state index contributed by atoms with van der Waals surface area (Å²) >= 11 is 3.58. The van der Waals surface area contributed by atoms with E-state index in [1.807, 2.05) is 0 Å². The standard InChI is InChI=1S/C16H26BrN3/c1-12(18)9-14-10-15(17)5-6-16(14)20-8-4-7-19(3)11-13(20)2/h5-6,10,12-13H,4,7-9,11,18H2,1-3H3. The third kappa shape index (κ3) is 3.96. The summed E-state index contributed by atoms with van der Waals surface area (Å²) in [6, 6.07) is 7.33. The Labute approximate surface area is 131 Å². The van der Waals surface area contributed by atoms with E-state index in [2.05, 4.69) is 64.8 Å². The molecule has 0 saturated carbocycles. The van der Waals surface area contributed by atoms with Crippen LogP contribution < -0.4 is 10.6 Å². The van der Waals surface area contributed by atoms with E-state index in [1.54, 1.807) is 0 Å². The van der Waals surface area contributed by atoms with Gasteiger partial charge in [0.2, 0.25) is 0 Å². The van der Waals surface area contributed by atoms with Crippen LogP contribution in [0.5, 0.6) is 0 Å². The number of nitrogens with zero attached hydrogens (tertiary/aromatic N) is 2. The molecule has 4 heteroatoms. The second-order valence-corrected chi connectivity index (χ2v) is 7.03. The molecule has 20 heavy (non-hydrogen) atoms. The fourth-order valence-electron chi connectivity index (χ4n) is 3.07. The quantitative estimate of drug-likeness (QED) is 0.918. The molecule has 0 amide bonds.